The minimum Gasteiger partial charge on any atom is -0.444 e. The summed E-state index contributed by atoms with van der Waals surface area (Å²) < 4.78 is 27.6. The molecule has 0 saturated carbocycles. The number of fused-ring (bicyclic) bond motifs is 3. The fraction of sp³-hybridized carbons (Fsp3) is 0.560. The van der Waals surface area contributed by atoms with Gasteiger partial charge in [0.2, 0.25) is 0 Å². The number of halogens is 1. The maximum absolute atomic E-state index is 14.7. The fourth-order valence-electron chi connectivity index (χ4n) is 4.88. The lowest BCUT2D eigenvalue weighted by molar-refractivity contribution is 0.0166. The van der Waals surface area contributed by atoms with Crippen LogP contribution in [0.3, 0.4) is 0 Å². The van der Waals surface area contributed by atoms with Gasteiger partial charge in [-0.2, -0.15) is 5.10 Å². The van der Waals surface area contributed by atoms with Crippen LogP contribution in [0.1, 0.15) is 55.7 Å². The molecule has 0 N–H and O–H groups in total. The number of ether oxygens (including phenoxy) is 2. The van der Waals surface area contributed by atoms with Crippen molar-refractivity contribution in [2.24, 2.45) is 0 Å². The van der Waals surface area contributed by atoms with Crippen molar-refractivity contribution in [3.05, 3.63) is 35.3 Å². The summed E-state index contributed by atoms with van der Waals surface area (Å²) in [5.41, 5.74) is 2.20. The van der Waals surface area contributed by atoms with E-state index in [-0.39, 0.29) is 23.9 Å². The summed E-state index contributed by atoms with van der Waals surface area (Å²) in [6.07, 6.45) is 1.24. The van der Waals surface area contributed by atoms with E-state index < -0.39 is 5.60 Å². The number of likely N-dealkylation sites (tertiary alicyclic amines) is 1. The number of carbonyl (C=O) groups excluding carboxylic acids is 2. The lowest BCUT2D eigenvalue weighted by Crippen LogP contribution is -2.43. The van der Waals surface area contributed by atoms with E-state index in [4.69, 9.17) is 14.6 Å². The monoisotopic (exact) mass is 502 g/mol. The molecule has 1 atom stereocenters. The van der Waals surface area contributed by atoms with Crippen molar-refractivity contribution < 1.29 is 23.5 Å². The van der Waals surface area contributed by atoms with Gasteiger partial charge >= 0.3 is 6.09 Å². The number of thioether (sulfide) groups is 1. The molecular formula is C25H31FN4O4S. The Hall–Kier alpha value is -2.59. The summed E-state index contributed by atoms with van der Waals surface area (Å²) in [6.45, 7) is 8.63. The number of rotatable bonds is 2. The van der Waals surface area contributed by atoms with Crippen molar-refractivity contribution >= 4 is 23.8 Å². The molecule has 10 heteroatoms. The van der Waals surface area contributed by atoms with Crippen LogP contribution in [0.4, 0.5) is 9.18 Å². The Morgan fingerprint density at radius 2 is 1.94 bits per heavy atom. The average molecular weight is 503 g/mol. The van der Waals surface area contributed by atoms with E-state index in [1.807, 2.05) is 31.5 Å². The zero-order chi connectivity index (χ0) is 24.7. The second-order valence-corrected chi connectivity index (χ2v) is 11.1. The van der Waals surface area contributed by atoms with Crippen LogP contribution in [-0.2, 0) is 15.2 Å². The molecule has 1 unspecified atom stereocenters. The molecule has 4 heterocycles. The third-order valence-corrected chi connectivity index (χ3v) is 7.62. The quantitative estimate of drug-likeness (QED) is 0.608. The zero-order valence-corrected chi connectivity index (χ0v) is 21.2. The molecule has 0 radical (unpaired) electrons. The Balaban J connectivity index is 1.54. The Morgan fingerprint density at radius 3 is 2.69 bits per heavy atom. The van der Waals surface area contributed by atoms with Gasteiger partial charge in [-0.15, -0.1) is 11.8 Å². The Kier molecular flexibility index (Phi) is 6.52. The smallest absolute Gasteiger partial charge is 0.410 e. The number of hydrogen-bond acceptors (Lipinski definition) is 6. The van der Waals surface area contributed by atoms with Crippen molar-refractivity contribution in [2.45, 2.75) is 55.9 Å². The maximum Gasteiger partial charge on any atom is 0.410 e. The molecule has 0 bridgehead atoms. The molecule has 2 saturated heterocycles. The largest absolute Gasteiger partial charge is 0.444 e. The number of hydrogen-bond donors (Lipinski definition) is 0. The molecule has 1 aromatic heterocycles. The summed E-state index contributed by atoms with van der Waals surface area (Å²) in [4.78, 5) is 30.4. The molecule has 2 amide bonds. The Morgan fingerprint density at radius 1 is 1.17 bits per heavy atom. The molecule has 35 heavy (non-hydrogen) atoms. The third-order valence-electron chi connectivity index (χ3n) is 6.49. The van der Waals surface area contributed by atoms with E-state index in [0.29, 0.717) is 55.7 Å². The maximum atomic E-state index is 14.7. The summed E-state index contributed by atoms with van der Waals surface area (Å²) in [5.74, 6) is 0.0755. The minimum absolute atomic E-state index is 0.122. The van der Waals surface area contributed by atoms with Gasteiger partial charge in [0.15, 0.2) is 5.69 Å². The SMILES string of the molecule is CC(C)(C)OC(=O)N1CCCC(n2nc(C(=O)N3CCOCC3)c3c2-c2cccc(F)c2SC3)C1. The standard InChI is InChI=1S/C25H31FN4O4S/c1-25(2,3)34-24(32)29-9-5-6-16(14-29)30-21-17-7-4-8-19(26)22(17)35-15-18(21)20(27-30)23(31)28-10-12-33-13-11-28/h4,7-8,16H,5-6,9-15H2,1-3H3. The van der Waals surface area contributed by atoms with E-state index >= 15 is 0 Å². The first kappa shape index (κ1) is 24.1. The van der Waals surface area contributed by atoms with Gasteiger partial charge in [-0.25, -0.2) is 9.18 Å². The van der Waals surface area contributed by atoms with Crippen LogP contribution in [0, 0.1) is 5.82 Å². The molecule has 0 spiro atoms. The molecule has 188 valence electrons. The molecule has 5 rings (SSSR count). The lowest BCUT2D eigenvalue weighted by atomic mass is 10.0. The molecule has 3 aliphatic heterocycles. The second kappa shape index (κ2) is 9.46. The predicted octanol–water partition coefficient (Wildman–Crippen LogP) is 4.34. The number of morpholine rings is 1. The van der Waals surface area contributed by atoms with Crippen LogP contribution in [0.5, 0.6) is 0 Å². The summed E-state index contributed by atoms with van der Waals surface area (Å²) >= 11 is 1.40. The van der Waals surface area contributed by atoms with Gasteiger partial charge in [-0.1, -0.05) is 12.1 Å². The highest BCUT2D eigenvalue weighted by Gasteiger charge is 2.36. The van der Waals surface area contributed by atoms with Gasteiger partial charge in [0, 0.05) is 43.1 Å². The zero-order valence-electron chi connectivity index (χ0n) is 20.4. The molecular weight excluding hydrogens is 471 g/mol. The van der Waals surface area contributed by atoms with Gasteiger partial charge in [-0.3, -0.25) is 9.48 Å². The van der Waals surface area contributed by atoms with E-state index in [1.165, 1.54) is 17.8 Å². The summed E-state index contributed by atoms with van der Waals surface area (Å²) in [7, 11) is 0. The van der Waals surface area contributed by atoms with E-state index in [0.717, 1.165) is 29.7 Å². The number of nitrogens with zero attached hydrogens (tertiary/aromatic N) is 4. The number of carbonyl (C=O) groups is 2. The lowest BCUT2D eigenvalue weighted by Gasteiger charge is -2.35. The molecule has 1 aromatic carbocycles. The highest BCUT2D eigenvalue weighted by molar-refractivity contribution is 7.98. The first-order valence-electron chi connectivity index (χ1n) is 12.1. The third kappa shape index (κ3) is 4.78. The highest BCUT2D eigenvalue weighted by Crippen LogP contribution is 2.45. The van der Waals surface area contributed by atoms with Crippen LogP contribution in [-0.4, -0.2) is 76.6 Å². The highest BCUT2D eigenvalue weighted by atomic mass is 32.2. The van der Waals surface area contributed by atoms with E-state index in [2.05, 4.69) is 0 Å². The number of piperidine rings is 1. The average Bonchev–Trinajstić information content (AvgIpc) is 3.24. The molecule has 8 nitrogen and oxygen atoms in total. The number of benzene rings is 1. The molecule has 0 aliphatic carbocycles. The first-order chi connectivity index (χ1) is 16.7. The van der Waals surface area contributed by atoms with Crippen molar-refractivity contribution in [1.82, 2.24) is 19.6 Å². The molecule has 2 fully saturated rings. The molecule has 3 aliphatic rings. The van der Waals surface area contributed by atoms with Crippen molar-refractivity contribution in [1.29, 1.82) is 0 Å². The predicted molar refractivity (Wildman–Crippen MR) is 130 cm³/mol. The number of amides is 2. The van der Waals surface area contributed by atoms with Crippen molar-refractivity contribution in [3.8, 4) is 11.3 Å². The van der Waals surface area contributed by atoms with Gasteiger partial charge in [0.1, 0.15) is 11.4 Å². The van der Waals surface area contributed by atoms with Gasteiger partial charge in [0.25, 0.3) is 5.91 Å². The molecule has 2 aromatic rings. The summed E-state index contributed by atoms with van der Waals surface area (Å²) in [6, 6.07) is 4.90. The van der Waals surface area contributed by atoms with Crippen LogP contribution >= 0.6 is 11.8 Å². The topological polar surface area (TPSA) is 76.9 Å². The Labute approximate surface area is 208 Å². The second-order valence-electron chi connectivity index (χ2n) is 10.2. The van der Waals surface area contributed by atoms with Crippen LogP contribution in [0.15, 0.2) is 23.1 Å². The van der Waals surface area contributed by atoms with Gasteiger partial charge in [-0.05, 0) is 39.7 Å². The van der Waals surface area contributed by atoms with Crippen LogP contribution < -0.4 is 0 Å². The fourth-order valence-corrected chi connectivity index (χ4v) is 5.96. The van der Waals surface area contributed by atoms with Crippen LogP contribution in [0.2, 0.25) is 0 Å². The van der Waals surface area contributed by atoms with Crippen molar-refractivity contribution in [2.75, 3.05) is 39.4 Å². The number of aromatic nitrogens is 2. The van der Waals surface area contributed by atoms with Crippen LogP contribution in [0.25, 0.3) is 11.3 Å². The van der Waals surface area contributed by atoms with E-state index in [1.54, 1.807) is 15.9 Å². The Bertz CT molecular complexity index is 1140. The summed E-state index contributed by atoms with van der Waals surface area (Å²) in [5, 5.41) is 4.86. The first-order valence-corrected chi connectivity index (χ1v) is 13.1. The van der Waals surface area contributed by atoms with E-state index in [9.17, 15) is 14.0 Å². The van der Waals surface area contributed by atoms with Gasteiger partial charge < -0.3 is 19.3 Å². The minimum atomic E-state index is -0.583. The normalized spacial score (nSPS) is 20.3. The van der Waals surface area contributed by atoms with Gasteiger partial charge in [0.05, 0.1) is 29.8 Å². The van der Waals surface area contributed by atoms with Crippen molar-refractivity contribution in [3.63, 3.8) is 0 Å².